The molecule has 2 aliphatic heterocycles. The van der Waals surface area contributed by atoms with Gasteiger partial charge in [0.05, 0.1) is 56.7 Å². The molecular formula is C85H96N6O21. The number of rotatable bonds is 36. The number of hydrogen-bond acceptors (Lipinski definition) is 21. The van der Waals surface area contributed by atoms with Crippen LogP contribution in [-0.4, -0.2) is 163 Å². The zero-order chi connectivity index (χ0) is 78.1. The van der Waals surface area contributed by atoms with E-state index in [1.165, 1.54) is 0 Å². The minimum Gasteiger partial charge on any atom is -0.445 e. The van der Waals surface area contributed by atoms with E-state index < -0.39 is 135 Å². The van der Waals surface area contributed by atoms with Gasteiger partial charge in [-0.15, -0.1) is 0 Å². The van der Waals surface area contributed by atoms with Gasteiger partial charge in [-0.3, -0.25) is 4.79 Å². The lowest BCUT2D eigenvalue weighted by molar-refractivity contribution is -0.329. The number of aliphatic hydroxyl groups is 3. The molecule has 27 nitrogen and oxygen atoms in total. The fraction of sp³-hybridized carbons (Fsp3) is 0.365. The summed E-state index contributed by atoms with van der Waals surface area (Å²) in [7, 11) is 0. The summed E-state index contributed by atoms with van der Waals surface area (Å²) in [6, 6.07) is 66.0. The van der Waals surface area contributed by atoms with E-state index in [-0.39, 0.29) is 85.2 Å². The molecular weight excluding hydrogens is 1440 g/mol. The first-order valence-corrected chi connectivity index (χ1v) is 37.5. The van der Waals surface area contributed by atoms with Crippen LogP contribution in [0.2, 0.25) is 0 Å². The second kappa shape index (κ2) is 43.7. The zero-order valence-electron chi connectivity index (χ0n) is 61.8. The van der Waals surface area contributed by atoms with Gasteiger partial charge in [0.1, 0.15) is 81.9 Å². The molecule has 2 saturated heterocycles. The largest absolute Gasteiger partial charge is 0.445 e. The molecule has 15 atom stereocenters. The van der Waals surface area contributed by atoms with Crippen molar-refractivity contribution in [2.24, 2.45) is 0 Å². The van der Waals surface area contributed by atoms with Gasteiger partial charge in [0.25, 0.3) is 0 Å². The van der Waals surface area contributed by atoms with Gasteiger partial charge in [0.2, 0.25) is 5.91 Å². The summed E-state index contributed by atoms with van der Waals surface area (Å²) in [6.07, 6.45) is -21.3. The van der Waals surface area contributed by atoms with Crippen molar-refractivity contribution < 1.29 is 101 Å². The van der Waals surface area contributed by atoms with Crippen LogP contribution in [0.15, 0.2) is 243 Å². The number of amides is 6. The normalized spacial score (nSPS) is 23.0. The summed E-state index contributed by atoms with van der Waals surface area (Å²) in [5.41, 5.74) is 5.42. The number of carbonyl (C=O) groups excluding carboxylic acids is 6. The zero-order valence-corrected chi connectivity index (χ0v) is 61.8. The molecule has 7 unspecified atom stereocenters. The Morgan fingerprint density at radius 1 is 0.375 bits per heavy atom. The summed E-state index contributed by atoms with van der Waals surface area (Å²) >= 11 is 0. The molecule has 0 spiro atoms. The maximum absolute atomic E-state index is 16.0. The third-order valence-electron chi connectivity index (χ3n) is 19.0. The van der Waals surface area contributed by atoms with Gasteiger partial charge in [0.15, 0.2) is 12.6 Å². The summed E-state index contributed by atoms with van der Waals surface area (Å²) in [5.74, 6) is -0.771. The number of benzene rings is 8. The fourth-order valence-corrected chi connectivity index (χ4v) is 13.2. The summed E-state index contributed by atoms with van der Waals surface area (Å²) in [4.78, 5) is 85.6. The number of carbonyl (C=O) groups is 6. The molecule has 1 saturated carbocycles. The molecule has 112 heavy (non-hydrogen) atoms. The molecule has 2 heterocycles. The van der Waals surface area contributed by atoms with Crippen molar-refractivity contribution in [3.8, 4) is 0 Å². The minimum absolute atomic E-state index is 0.0406. The van der Waals surface area contributed by atoms with Crippen molar-refractivity contribution in [3.05, 3.63) is 287 Å². The first-order chi connectivity index (χ1) is 54.8. The van der Waals surface area contributed by atoms with E-state index in [9.17, 15) is 39.3 Å². The maximum atomic E-state index is 16.0. The van der Waals surface area contributed by atoms with Crippen LogP contribution in [0.25, 0.3) is 0 Å². The Labute approximate surface area is 649 Å². The lowest BCUT2D eigenvalue weighted by Gasteiger charge is -2.52. The monoisotopic (exact) mass is 1540 g/mol. The first kappa shape index (κ1) is 82.1. The average Bonchev–Trinajstić information content (AvgIpc) is 0.752. The van der Waals surface area contributed by atoms with Crippen LogP contribution in [0.1, 0.15) is 76.6 Å². The van der Waals surface area contributed by atoms with Gasteiger partial charge in [-0.05, 0) is 76.6 Å². The number of nitrogens with one attached hydrogen (secondary N) is 6. The third kappa shape index (κ3) is 25.6. The van der Waals surface area contributed by atoms with Crippen LogP contribution in [0.5, 0.6) is 0 Å². The maximum Gasteiger partial charge on any atom is 0.407 e. The standard InChI is InChI=1S/C85H96N6O21/c92-48-68-72(93)69(90-84(99)107-55-63-39-21-7-22-40-63)77(103-51-59-31-13-3-14-32-59)80(110-68)112-75-70(89-78(95)67(101-49-57-27-9-1-10-28-57)43-25-26-46-86-81(96)104-52-60-33-15-4-16-34-60)74(102-50-58-29-11-2-12-30-58)71(91-85(100)108-56-64-41-23-8-24-42-64)76(73(75)94)111-79-66(88-83(98)106-54-62-37-19-6-20-38-62)45-44-65(109-79)47-87-82(97)105-53-61-35-17-5-18-36-61/h1-24,27-42,65-77,79-80,92-94H,25-26,43-56H2,(H,86,96)(H,87,97)(H,88,98)(H,89,95)(H,90,99)(H,91,100)/t65?,66?,67-,68?,69-,70+,71-,72+,73?,74?,75-,76?,77?,79+,80+/m0/s1. The van der Waals surface area contributed by atoms with E-state index in [2.05, 4.69) is 31.9 Å². The van der Waals surface area contributed by atoms with Gasteiger partial charge in [0, 0.05) is 13.1 Å². The highest BCUT2D eigenvalue weighted by molar-refractivity contribution is 5.81. The molecule has 8 aromatic carbocycles. The molecule has 0 bridgehead atoms. The van der Waals surface area contributed by atoms with Crippen molar-refractivity contribution in [1.82, 2.24) is 31.9 Å². The van der Waals surface area contributed by atoms with Crippen molar-refractivity contribution in [2.45, 2.75) is 177 Å². The Balaban J connectivity index is 0.990. The van der Waals surface area contributed by atoms with Gasteiger partial charge < -0.3 is 104 Å². The van der Waals surface area contributed by atoms with Crippen molar-refractivity contribution >= 4 is 36.4 Å². The number of ether oxygens (including phenoxy) is 12. The highest BCUT2D eigenvalue weighted by Crippen LogP contribution is 2.37. The van der Waals surface area contributed by atoms with Crippen LogP contribution in [0.3, 0.4) is 0 Å². The molecule has 1 aliphatic carbocycles. The molecule has 3 fully saturated rings. The molecule has 8 aromatic rings. The Hall–Kier alpha value is -10.8. The predicted octanol–water partition coefficient (Wildman–Crippen LogP) is 9.86. The van der Waals surface area contributed by atoms with Crippen LogP contribution >= 0.6 is 0 Å². The number of unbranched alkanes of at least 4 members (excludes halogenated alkanes) is 1. The van der Waals surface area contributed by atoms with E-state index >= 15 is 4.79 Å². The van der Waals surface area contributed by atoms with Gasteiger partial charge in [-0.2, -0.15) is 0 Å². The smallest absolute Gasteiger partial charge is 0.407 e. The second-order valence-corrected chi connectivity index (χ2v) is 27.2. The van der Waals surface area contributed by atoms with E-state index in [0.717, 1.165) is 11.1 Å². The van der Waals surface area contributed by atoms with E-state index in [0.29, 0.717) is 46.2 Å². The molecule has 11 rings (SSSR count). The summed E-state index contributed by atoms with van der Waals surface area (Å²) < 4.78 is 76.6. The Bertz CT molecular complexity index is 4120. The minimum atomic E-state index is -2.11. The topological polar surface area (TPSA) is 346 Å². The van der Waals surface area contributed by atoms with Gasteiger partial charge in [-0.1, -0.05) is 243 Å². The predicted molar refractivity (Wildman–Crippen MR) is 406 cm³/mol. The highest BCUT2D eigenvalue weighted by Gasteiger charge is 2.58. The lowest BCUT2D eigenvalue weighted by Crippen LogP contribution is -2.75. The molecule has 27 heteroatoms. The lowest BCUT2D eigenvalue weighted by atomic mass is 9.80. The van der Waals surface area contributed by atoms with E-state index in [4.69, 9.17) is 56.8 Å². The summed E-state index contributed by atoms with van der Waals surface area (Å²) in [6.45, 7) is -1.94. The molecule has 3 aliphatic rings. The third-order valence-corrected chi connectivity index (χ3v) is 19.0. The molecule has 9 N–H and O–H groups in total. The average molecular weight is 1540 g/mol. The van der Waals surface area contributed by atoms with Crippen LogP contribution in [0.4, 0.5) is 24.0 Å². The Kier molecular flexibility index (Phi) is 32.0. The first-order valence-electron chi connectivity index (χ1n) is 37.5. The van der Waals surface area contributed by atoms with Gasteiger partial charge in [-0.25, -0.2) is 24.0 Å². The Morgan fingerprint density at radius 2 is 0.750 bits per heavy atom. The van der Waals surface area contributed by atoms with Crippen LogP contribution < -0.4 is 31.9 Å². The Morgan fingerprint density at radius 3 is 1.20 bits per heavy atom. The molecule has 592 valence electrons. The quantitative estimate of drug-likeness (QED) is 0.0130. The number of alkyl carbamates (subject to hydrolysis) is 5. The fourth-order valence-electron chi connectivity index (χ4n) is 13.2. The van der Waals surface area contributed by atoms with Crippen LogP contribution in [-0.2, 0) is 114 Å². The van der Waals surface area contributed by atoms with Gasteiger partial charge >= 0.3 is 30.5 Å². The SMILES string of the molecule is O=C(NCCCC[C@H](OCc1ccccc1)C(=O)N[C@@H]1C(OCc2ccccc2)[C@H](NC(=O)OCc2ccccc2)C(O[C@H]2OC(CNC(=O)OCc3ccccc3)CCC2NC(=O)OCc2ccccc2)C(O)[C@H]1O[C@H]1OC(CO)[C@@H](O)[C@H](NC(=O)OCc2ccccc2)C1OCc1ccccc1)OCc1ccccc1. The van der Waals surface area contributed by atoms with Crippen LogP contribution in [0, 0.1) is 0 Å². The second-order valence-electron chi connectivity index (χ2n) is 27.2. The van der Waals surface area contributed by atoms with E-state index in [1.807, 2.05) is 84.9 Å². The summed E-state index contributed by atoms with van der Waals surface area (Å²) in [5, 5.41) is 54.7. The molecule has 0 radical (unpaired) electrons. The van der Waals surface area contributed by atoms with Crippen molar-refractivity contribution in [1.29, 1.82) is 0 Å². The van der Waals surface area contributed by atoms with Crippen molar-refractivity contribution in [3.63, 3.8) is 0 Å². The van der Waals surface area contributed by atoms with Crippen molar-refractivity contribution in [2.75, 3.05) is 19.7 Å². The number of hydrogen-bond donors (Lipinski definition) is 9. The molecule has 6 amide bonds. The highest BCUT2D eigenvalue weighted by atomic mass is 16.7. The van der Waals surface area contributed by atoms with E-state index in [1.54, 1.807) is 158 Å². The number of aliphatic hydroxyl groups excluding tert-OH is 3. The molecule has 0 aromatic heterocycles.